The monoisotopic (exact) mass is 260 g/mol. The third-order valence-electron chi connectivity index (χ3n) is 4.60. The van der Waals surface area contributed by atoms with E-state index in [1.807, 2.05) is 33.8 Å². The molecule has 1 saturated carbocycles. The van der Waals surface area contributed by atoms with E-state index < -0.39 is 16.9 Å². The van der Waals surface area contributed by atoms with E-state index in [-0.39, 0.29) is 11.7 Å². The lowest BCUT2D eigenvalue weighted by molar-refractivity contribution is -0.144. The number of nitrogens with zero attached hydrogens (tertiary/aromatic N) is 2. The summed E-state index contributed by atoms with van der Waals surface area (Å²) in [6.45, 7) is 16.0. The fourth-order valence-corrected chi connectivity index (χ4v) is 3.52. The molecule has 0 radical (unpaired) electrons. The van der Waals surface area contributed by atoms with Crippen molar-refractivity contribution in [1.29, 1.82) is 0 Å². The molecule has 0 saturated heterocycles. The zero-order chi connectivity index (χ0) is 14.4. The highest BCUT2D eigenvalue weighted by Gasteiger charge is 2.59. The second-order valence-corrected chi connectivity index (χ2v) is 6.13. The van der Waals surface area contributed by atoms with Crippen molar-refractivity contribution in [3.8, 4) is 0 Å². The molecule has 2 aliphatic rings. The predicted octanol–water partition coefficient (Wildman–Crippen LogP) is 2.07. The Bertz CT molecular complexity index is 513. The number of carbonyl (C=O) groups is 2. The molecule has 0 aromatic carbocycles. The van der Waals surface area contributed by atoms with Crippen molar-refractivity contribution in [2.24, 2.45) is 10.8 Å². The summed E-state index contributed by atoms with van der Waals surface area (Å²) >= 11 is 0. The molecular formula is C15H20N2O2. The van der Waals surface area contributed by atoms with Gasteiger partial charge in [0.25, 0.3) is 6.04 Å². The summed E-state index contributed by atoms with van der Waals surface area (Å²) in [7, 11) is 0. The number of Topliss-reactive ketones (excluding diaryl/α,β-unsaturated/α-hetero) is 1. The molecule has 0 aromatic rings. The minimum absolute atomic E-state index is 0.0519. The first kappa shape index (κ1) is 13.8. The van der Waals surface area contributed by atoms with E-state index in [4.69, 9.17) is 6.57 Å². The summed E-state index contributed by atoms with van der Waals surface area (Å²) in [5, 5.41) is 0. The summed E-state index contributed by atoms with van der Waals surface area (Å²) < 4.78 is 0. The van der Waals surface area contributed by atoms with Crippen LogP contribution in [0.4, 0.5) is 0 Å². The van der Waals surface area contributed by atoms with Gasteiger partial charge in [0.2, 0.25) is 11.7 Å². The number of hydrogen-bond acceptors (Lipinski definition) is 2. The summed E-state index contributed by atoms with van der Waals surface area (Å²) in [5.74, 6) is 0.00528. The fraction of sp³-hybridized carbons (Fsp3) is 0.667. The van der Waals surface area contributed by atoms with Crippen molar-refractivity contribution in [2.75, 3.05) is 13.1 Å². The Balaban J connectivity index is 2.56. The number of hydrogen-bond donors (Lipinski definition) is 0. The molecule has 1 aliphatic heterocycles. The highest BCUT2D eigenvalue weighted by molar-refractivity contribution is 6.00. The maximum absolute atomic E-state index is 12.6. The van der Waals surface area contributed by atoms with Gasteiger partial charge in [-0.05, 0) is 33.3 Å². The molecule has 4 heteroatoms. The van der Waals surface area contributed by atoms with Gasteiger partial charge in [-0.25, -0.2) is 6.57 Å². The molecule has 1 fully saturated rings. The first-order valence-corrected chi connectivity index (χ1v) is 6.70. The van der Waals surface area contributed by atoms with Crippen molar-refractivity contribution in [2.45, 2.75) is 40.2 Å². The highest BCUT2D eigenvalue weighted by Crippen LogP contribution is 2.51. The topological polar surface area (TPSA) is 41.7 Å². The van der Waals surface area contributed by atoms with Crippen LogP contribution >= 0.6 is 0 Å². The summed E-state index contributed by atoms with van der Waals surface area (Å²) in [4.78, 5) is 30.2. The largest absolute Gasteiger partial charge is 0.338 e. The first-order chi connectivity index (χ1) is 8.79. The van der Waals surface area contributed by atoms with Gasteiger partial charge >= 0.3 is 0 Å². The van der Waals surface area contributed by atoms with Crippen molar-refractivity contribution < 1.29 is 9.59 Å². The molecule has 4 nitrogen and oxygen atoms in total. The highest BCUT2D eigenvalue weighted by atomic mass is 16.2. The summed E-state index contributed by atoms with van der Waals surface area (Å²) in [5.41, 5.74) is -0.502. The minimum atomic E-state index is -0.711. The zero-order valence-corrected chi connectivity index (χ0v) is 12.0. The standard InChI is InChI=1S/C15H20N2O2/c1-6-17-8-7-11-14(2,3)12(18)10(16-5)9-15(11,4)13(17)19/h7,10H,6,8-9H2,1-4H3. The van der Waals surface area contributed by atoms with Gasteiger partial charge in [0.05, 0.1) is 10.8 Å². The molecule has 19 heavy (non-hydrogen) atoms. The molecule has 1 aliphatic carbocycles. The van der Waals surface area contributed by atoms with Crippen LogP contribution < -0.4 is 0 Å². The normalized spacial score (nSPS) is 33.5. The van der Waals surface area contributed by atoms with Crippen molar-refractivity contribution in [3.05, 3.63) is 23.1 Å². The van der Waals surface area contributed by atoms with E-state index in [1.165, 1.54) is 0 Å². The Labute approximate surface area is 114 Å². The number of carbonyl (C=O) groups excluding carboxylic acids is 2. The van der Waals surface area contributed by atoms with Crippen molar-refractivity contribution in [3.63, 3.8) is 0 Å². The second kappa shape index (κ2) is 4.19. The van der Waals surface area contributed by atoms with Gasteiger partial charge in [-0.3, -0.25) is 9.59 Å². The van der Waals surface area contributed by atoms with Crippen LogP contribution in [0.15, 0.2) is 11.6 Å². The lowest BCUT2D eigenvalue weighted by Gasteiger charge is -2.48. The molecule has 0 N–H and O–H groups in total. The van der Waals surface area contributed by atoms with Crippen molar-refractivity contribution >= 4 is 11.7 Å². The Morgan fingerprint density at radius 2 is 2.05 bits per heavy atom. The summed E-state index contributed by atoms with van der Waals surface area (Å²) in [6, 6.07) is -0.696. The van der Waals surface area contributed by atoms with Crippen LogP contribution in [0.25, 0.3) is 4.85 Å². The van der Waals surface area contributed by atoms with Gasteiger partial charge in [-0.2, -0.15) is 0 Å². The van der Waals surface area contributed by atoms with Gasteiger partial charge in [0, 0.05) is 19.5 Å². The molecule has 1 amide bonds. The van der Waals surface area contributed by atoms with Crippen LogP contribution in [0.5, 0.6) is 0 Å². The van der Waals surface area contributed by atoms with Crippen LogP contribution in [-0.4, -0.2) is 35.7 Å². The Morgan fingerprint density at radius 3 is 2.58 bits per heavy atom. The zero-order valence-electron chi connectivity index (χ0n) is 12.0. The van der Waals surface area contributed by atoms with Crippen molar-refractivity contribution in [1.82, 2.24) is 4.90 Å². The van der Waals surface area contributed by atoms with Gasteiger partial charge < -0.3 is 9.74 Å². The predicted molar refractivity (Wildman–Crippen MR) is 72.2 cm³/mol. The number of amides is 1. The fourth-order valence-electron chi connectivity index (χ4n) is 3.52. The average molecular weight is 260 g/mol. The van der Waals surface area contributed by atoms with Gasteiger partial charge in [0.1, 0.15) is 0 Å². The van der Waals surface area contributed by atoms with E-state index in [2.05, 4.69) is 4.85 Å². The van der Waals surface area contributed by atoms with Gasteiger partial charge in [-0.1, -0.05) is 6.08 Å². The number of rotatable bonds is 1. The summed E-state index contributed by atoms with van der Waals surface area (Å²) in [6.07, 6.45) is 2.34. The molecular weight excluding hydrogens is 240 g/mol. The third kappa shape index (κ3) is 1.72. The number of ketones is 1. The van der Waals surface area contributed by atoms with E-state index in [0.29, 0.717) is 19.5 Å². The molecule has 0 aromatic heterocycles. The average Bonchev–Trinajstić information content (AvgIpc) is 2.37. The third-order valence-corrected chi connectivity index (χ3v) is 4.60. The maximum atomic E-state index is 12.6. The molecule has 2 rings (SSSR count). The minimum Gasteiger partial charge on any atom is -0.338 e. The second-order valence-electron chi connectivity index (χ2n) is 6.13. The lowest BCUT2D eigenvalue weighted by Crippen LogP contribution is -2.57. The van der Waals surface area contributed by atoms with Gasteiger partial charge in [-0.15, -0.1) is 0 Å². The Morgan fingerprint density at radius 1 is 1.42 bits per heavy atom. The molecule has 2 unspecified atom stereocenters. The molecule has 102 valence electrons. The van der Waals surface area contributed by atoms with Crippen LogP contribution in [-0.2, 0) is 9.59 Å². The van der Waals surface area contributed by atoms with E-state index in [0.717, 1.165) is 5.57 Å². The quantitative estimate of drug-likeness (QED) is 0.535. The smallest absolute Gasteiger partial charge is 0.283 e. The van der Waals surface area contributed by atoms with E-state index >= 15 is 0 Å². The SMILES string of the molecule is [C-]#[N+]C1CC2(C)C(=O)N(CC)CC=C2C(C)(C)C1=O. The maximum Gasteiger partial charge on any atom is 0.283 e. The Kier molecular flexibility index (Phi) is 3.04. The first-order valence-electron chi connectivity index (χ1n) is 6.70. The van der Waals surface area contributed by atoms with Gasteiger partial charge in [0.15, 0.2) is 0 Å². The van der Waals surface area contributed by atoms with Crippen LogP contribution in [0, 0.1) is 17.4 Å². The number of likely N-dealkylation sites (N-methyl/N-ethyl adjacent to an activating group) is 1. The number of fused-ring (bicyclic) bond motifs is 1. The van der Waals surface area contributed by atoms with E-state index in [1.54, 1.807) is 4.90 Å². The molecule has 1 heterocycles. The van der Waals surface area contributed by atoms with E-state index in [9.17, 15) is 9.59 Å². The van der Waals surface area contributed by atoms with Crippen LogP contribution in [0.1, 0.15) is 34.1 Å². The Hall–Kier alpha value is -1.63. The molecule has 2 atom stereocenters. The molecule has 0 bridgehead atoms. The van der Waals surface area contributed by atoms with Crippen LogP contribution in [0.3, 0.4) is 0 Å². The van der Waals surface area contributed by atoms with Crippen LogP contribution in [0.2, 0.25) is 0 Å². The lowest BCUT2D eigenvalue weighted by atomic mass is 9.57. The molecule has 0 spiro atoms.